The highest BCUT2D eigenvalue weighted by molar-refractivity contribution is 7.99. The fourth-order valence-corrected chi connectivity index (χ4v) is 2.01. The Kier molecular flexibility index (Phi) is 5.78. The second kappa shape index (κ2) is 7.17. The van der Waals surface area contributed by atoms with Crippen LogP contribution in [0.3, 0.4) is 0 Å². The summed E-state index contributed by atoms with van der Waals surface area (Å²) in [6.07, 6.45) is 0.981. The van der Waals surface area contributed by atoms with E-state index in [1.165, 1.54) is 5.56 Å². The van der Waals surface area contributed by atoms with Gasteiger partial charge < -0.3 is 11.1 Å². The molecular formula is C12H18N2OS. The quantitative estimate of drug-likeness (QED) is 0.746. The van der Waals surface area contributed by atoms with Crippen molar-refractivity contribution < 1.29 is 4.79 Å². The molecule has 0 heterocycles. The van der Waals surface area contributed by atoms with Gasteiger partial charge in [0.05, 0.1) is 5.75 Å². The Labute approximate surface area is 101 Å². The zero-order chi connectivity index (χ0) is 11.8. The fourth-order valence-electron chi connectivity index (χ4n) is 1.19. The first-order chi connectivity index (χ1) is 7.72. The van der Waals surface area contributed by atoms with E-state index in [-0.39, 0.29) is 5.91 Å². The summed E-state index contributed by atoms with van der Waals surface area (Å²) in [5.74, 6) is 1.48. The van der Waals surface area contributed by atoms with Gasteiger partial charge in [-0.3, -0.25) is 4.79 Å². The molecule has 0 spiro atoms. The van der Waals surface area contributed by atoms with Crippen LogP contribution >= 0.6 is 11.8 Å². The number of nitrogen functional groups attached to an aromatic ring is 1. The lowest BCUT2D eigenvalue weighted by Gasteiger charge is -2.04. The third kappa shape index (κ3) is 5.07. The standard InChI is InChI=1S/C12H18N2OS/c1-2-7-14-12(15)9-16-8-10-3-5-11(13)6-4-10/h3-6H,2,7-9,13H2,1H3,(H,14,15). The maximum Gasteiger partial charge on any atom is 0.230 e. The van der Waals surface area contributed by atoms with Gasteiger partial charge in [0.15, 0.2) is 0 Å². The Hall–Kier alpha value is -1.16. The molecule has 3 N–H and O–H groups in total. The Morgan fingerprint density at radius 2 is 2.06 bits per heavy atom. The number of thioether (sulfide) groups is 1. The van der Waals surface area contributed by atoms with Crippen LogP contribution in [-0.2, 0) is 10.5 Å². The zero-order valence-corrected chi connectivity index (χ0v) is 10.3. The Bertz CT molecular complexity index is 324. The van der Waals surface area contributed by atoms with Gasteiger partial charge in [-0.2, -0.15) is 0 Å². The fraction of sp³-hybridized carbons (Fsp3) is 0.417. The van der Waals surface area contributed by atoms with Crippen molar-refractivity contribution in [1.29, 1.82) is 0 Å². The largest absolute Gasteiger partial charge is 0.399 e. The average molecular weight is 238 g/mol. The van der Waals surface area contributed by atoms with Crippen LogP contribution in [0.25, 0.3) is 0 Å². The van der Waals surface area contributed by atoms with Crippen molar-refractivity contribution in [3.63, 3.8) is 0 Å². The molecule has 0 fully saturated rings. The van der Waals surface area contributed by atoms with E-state index in [2.05, 4.69) is 5.32 Å². The van der Waals surface area contributed by atoms with Gasteiger partial charge in [0, 0.05) is 18.0 Å². The van der Waals surface area contributed by atoms with E-state index >= 15 is 0 Å². The number of rotatable bonds is 6. The van der Waals surface area contributed by atoms with Gasteiger partial charge in [-0.15, -0.1) is 11.8 Å². The molecule has 0 atom stereocenters. The van der Waals surface area contributed by atoms with Crippen molar-refractivity contribution in [3.8, 4) is 0 Å². The van der Waals surface area contributed by atoms with E-state index in [1.807, 2.05) is 31.2 Å². The highest BCUT2D eigenvalue weighted by atomic mass is 32.2. The molecule has 16 heavy (non-hydrogen) atoms. The molecule has 0 bridgehead atoms. The average Bonchev–Trinajstić information content (AvgIpc) is 2.29. The molecule has 1 aromatic carbocycles. The second-order valence-corrected chi connectivity index (χ2v) is 4.57. The molecule has 0 aliphatic rings. The third-order valence-electron chi connectivity index (χ3n) is 2.05. The number of anilines is 1. The number of carbonyl (C=O) groups excluding carboxylic acids is 1. The molecule has 0 unspecified atom stereocenters. The van der Waals surface area contributed by atoms with Crippen LogP contribution in [0.2, 0.25) is 0 Å². The third-order valence-corrected chi connectivity index (χ3v) is 3.06. The molecule has 4 heteroatoms. The van der Waals surface area contributed by atoms with Gasteiger partial charge in [0.1, 0.15) is 0 Å². The molecule has 1 amide bonds. The van der Waals surface area contributed by atoms with Gasteiger partial charge in [-0.25, -0.2) is 0 Å². The maximum absolute atomic E-state index is 11.3. The first kappa shape index (κ1) is 12.9. The lowest BCUT2D eigenvalue weighted by molar-refractivity contribution is -0.118. The number of nitrogens with one attached hydrogen (secondary N) is 1. The number of carbonyl (C=O) groups is 1. The molecule has 88 valence electrons. The number of nitrogens with two attached hydrogens (primary N) is 1. The maximum atomic E-state index is 11.3. The lowest BCUT2D eigenvalue weighted by Crippen LogP contribution is -2.25. The molecule has 1 rings (SSSR count). The van der Waals surface area contributed by atoms with Gasteiger partial charge in [-0.1, -0.05) is 19.1 Å². The van der Waals surface area contributed by atoms with Gasteiger partial charge in [-0.05, 0) is 24.1 Å². The van der Waals surface area contributed by atoms with Crippen molar-refractivity contribution in [2.45, 2.75) is 19.1 Å². The molecule has 3 nitrogen and oxygen atoms in total. The predicted octanol–water partition coefficient (Wildman–Crippen LogP) is 2.03. The highest BCUT2D eigenvalue weighted by Gasteiger charge is 2.00. The topological polar surface area (TPSA) is 55.1 Å². The minimum absolute atomic E-state index is 0.113. The summed E-state index contributed by atoms with van der Waals surface area (Å²) >= 11 is 1.62. The summed E-state index contributed by atoms with van der Waals surface area (Å²) in [6, 6.07) is 7.75. The van der Waals surface area contributed by atoms with Gasteiger partial charge in [0.25, 0.3) is 0 Å². The number of hydrogen-bond acceptors (Lipinski definition) is 3. The van der Waals surface area contributed by atoms with Gasteiger partial charge in [0.2, 0.25) is 5.91 Å². The highest BCUT2D eigenvalue weighted by Crippen LogP contribution is 2.13. The Balaban J connectivity index is 2.20. The summed E-state index contributed by atoms with van der Waals surface area (Å²) in [5.41, 5.74) is 7.56. The van der Waals surface area contributed by atoms with Crippen molar-refractivity contribution in [2.75, 3.05) is 18.0 Å². The number of hydrogen-bond donors (Lipinski definition) is 2. The molecule has 1 aromatic rings. The second-order valence-electron chi connectivity index (χ2n) is 3.58. The summed E-state index contributed by atoms with van der Waals surface area (Å²) in [6.45, 7) is 2.81. The minimum atomic E-state index is 0.113. The van der Waals surface area contributed by atoms with E-state index in [4.69, 9.17) is 5.73 Å². The van der Waals surface area contributed by atoms with Crippen LogP contribution in [-0.4, -0.2) is 18.2 Å². The van der Waals surface area contributed by atoms with Crippen LogP contribution in [0.15, 0.2) is 24.3 Å². The lowest BCUT2D eigenvalue weighted by atomic mass is 10.2. The predicted molar refractivity (Wildman–Crippen MR) is 70.3 cm³/mol. The Morgan fingerprint density at radius 1 is 1.38 bits per heavy atom. The van der Waals surface area contributed by atoms with Crippen molar-refractivity contribution in [1.82, 2.24) is 5.32 Å². The van der Waals surface area contributed by atoms with Gasteiger partial charge >= 0.3 is 0 Å². The molecule has 0 saturated heterocycles. The van der Waals surface area contributed by atoms with E-state index in [9.17, 15) is 4.79 Å². The zero-order valence-electron chi connectivity index (χ0n) is 9.53. The van der Waals surface area contributed by atoms with E-state index in [0.29, 0.717) is 5.75 Å². The van der Waals surface area contributed by atoms with E-state index in [0.717, 1.165) is 24.4 Å². The summed E-state index contributed by atoms with van der Waals surface area (Å²) in [7, 11) is 0. The molecular weight excluding hydrogens is 220 g/mol. The Morgan fingerprint density at radius 3 is 2.69 bits per heavy atom. The van der Waals surface area contributed by atoms with Crippen LogP contribution in [0.1, 0.15) is 18.9 Å². The van der Waals surface area contributed by atoms with Crippen LogP contribution < -0.4 is 11.1 Å². The number of amides is 1. The molecule has 0 saturated carbocycles. The number of benzene rings is 1. The SMILES string of the molecule is CCCNC(=O)CSCc1ccc(N)cc1. The smallest absolute Gasteiger partial charge is 0.230 e. The summed E-state index contributed by atoms with van der Waals surface area (Å²) in [4.78, 5) is 11.3. The normalized spacial score (nSPS) is 10.1. The van der Waals surface area contributed by atoms with Crippen LogP contribution in [0, 0.1) is 0 Å². The van der Waals surface area contributed by atoms with Crippen molar-refractivity contribution in [3.05, 3.63) is 29.8 Å². The summed E-state index contributed by atoms with van der Waals surface area (Å²) in [5, 5.41) is 2.85. The first-order valence-corrected chi connectivity index (χ1v) is 6.56. The van der Waals surface area contributed by atoms with Crippen molar-refractivity contribution >= 4 is 23.4 Å². The molecule has 0 aliphatic carbocycles. The summed E-state index contributed by atoms with van der Waals surface area (Å²) < 4.78 is 0. The monoisotopic (exact) mass is 238 g/mol. The molecule has 0 aliphatic heterocycles. The van der Waals surface area contributed by atoms with E-state index in [1.54, 1.807) is 11.8 Å². The molecule has 0 radical (unpaired) electrons. The van der Waals surface area contributed by atoms with E-state index < -0.39 is 0 Å². The van der Waals surface area contributed by atoms with Crippen LogP contribution in [0.4, 0.5) is 5.69 Å². The minimum Gasteiger partial charge on any atom is -0.399 e. The van der Waals surface area contributed by atoms with Crippen molar-refractivity contribution in [2.24, 2.45) is 0 Å². The molecule has 0 aromatic heterocycles. The first-order valence-electron chi connectivity index (χ1n) is 5.41. The van der Waals surface area contributed by atoms with Crippen LogP contribution in [0.5, 0.6) is 0 Å².